The summed E-state index contributed by atoms with van der Waals surface area (Å²) in [5, 5.41) is 1.06. The third kappa shape index (κ3) is 2.36. The number of benzene rings is 1. The molecule has 22 heavy (non-hydrogen) atoms. The van der Waals surface area contributed by atoms with E-state index < -0.39 is 0 Å². The van der Waals surface area contributed by atoms with Crippen LogP contribution in [0, 0.1) is 12.8 Å². The van der Waals surface area contributed by atoms with Gasteiger partial charge in [0.2, 0.25) is 5.91 Å². The summed E-state index contributed by atoms with van der Waals surface area (Å²) in [5.74, 6) is -0.566. The molecule has 1 saturated heterocycles. The number of amides is 2. The maximum Gasteiger partial charge on any atom is 0.270 e. The van der Waals surface area contributed by atoms with Crippen LogP contribution in [-0.4, -0.2) is 34.4 Å². The number of rotatable bonds is 2. The van der Waals surface area contributed by atoms with Crippen molar-refractivity contribution in [2.24, 2.45) is 18.7 Å². The molecule has 2 aromatic rings. The number of primary amides is 1. The van der Waals surface area contributed by atoms with E-state index in [1.54, 1.807) is 4.90 Å². The predicted octanol–water partition coefficient (Wildman–Crippen LogP) is 1.82. The summed E-state index contributed by atoms with van der Waals surface area (Å²) >= 11 is 0. The van der Waals surface area contributed by atoms with Gasteiger partial charge in [0, 0.05) is 25.5 Å². The summed E-state index contributed by atoms with van der Waals surface area (Å²) in [6, 6.07) is 7.98. The van der Waals surface area contributed by atoms with E-state index in [0.717, 1.165) is 29.3 Å². The first-order chi connectivity index (χ1) is 10.5. The summed E-state index contributed by atoms with van der Waals surface area (Å²) in [6.45, 7) is 3.15. The molecule has 3 rings (SSSR count). The second kappa shape index (κ2) is 5.48. The first-order valence-electron chi connectivity index (χ1n) is 7.62. The molecule has 1 fully saturated rings. The molecule has 1 aromatic heterocycles. The van der Waals surface area contributed by atoms with Gasteiger partial charge in [-0.3, -0.25) is 9.59 Å². The lowest BCUT2D eigenvalue weighted by atomic mass is 9.97. The van der Waals surface area contributed by atoms with Crippen molar-refractivity contribution in [3.63, 3.8) is 0 Å². The second-order valence-corrected chi connectivity index (χ2v) is 6.09. The molecule has 2 N–H and O–H groups in total. The fourth-order valence-corrected chi connectivity index (χ4v) is 3.38. The molecule has 1 aliphatic rings. The number of para-hydroxylation sites is 1. The van der Waals surface area contributed by atoms with Gasteiger partial charge in [0.25, 0.3) is 5.91 Å². The SMILES string of the molecule is Cc1cccc2cc(C(=O)N3CCC[C@@H](C(N)=O)C3)n(C)c12. The van der Waals surface area contributed by atoms with Gasteiger partial charge >= 0.3 is 0 Å². The molecule has 0 saturated carbocycles. The third-order valence-corrected chi connectivity index (χ3v) is 4.59. The molecular formula is C17H21N3O2. The average molecular weight is 299 g/mol. The van der Waals surface area contributed by atoms with Gasteiger partial charge < -0.3 is 15.2 Å². The van der Waals surface area contributed by atoms with E-state index in [4.69, 9.17) is 5.73 Å². The molecule has 0 spiro atoms. The maximum absolute atomic E-state index is 12.8. The van der Waals surface area contributed by atoms with E-state index >= 15 is 0 Å². The van der Waals surface area contributed by atoms with Crippen LogP contribution in [-0.2, 0) is 11.8 Å². The third-order valence-electron chi connectivity index (χ3n) is 4.59. The van der Waals surface area contributed by atoms with E-state index in [0.29, 0.717) is 18.8 Å². The van der Waals surface area contributed by atoms with Crippen LogP contribution in [0.4, 0.5) is 0 Å². The number of carbonyl (C=O) groups excluding carboxylic acids is 2. The zero-order valence-electron chi connectivity index (χ0n) is 13.0. The van der Waals surface area contributed by atoms with E-state index in [-0.39, 0.29) is 17.7 Å². The van der Waals surface area contributed by atoms with Crippen molar-refractivity contribution < 1.29 is 9.59 Å². The number of likely N-dealkylation sites (tertiary alicyclic amines) is 1. The number of piperidine rings is 1. The van der Waals surface area contributed by atoms with Crippen molar-refractivity contribution >= 4 is 22.7 Å². The molecular weight excluding hydrogens is 278 g/mol. The van der Waals surface area contributed by atoms with E-state index in [9.17, 15) is 9.59 Å². The van der Waals surface area contributed by atoms with Gasteiger partial charge in [0.15, 0.2) is 0 Å². The van der Waals surface area contributed by atoms with Gasteiger partial charge in [-0.05, 0) is 31.4 Å². The largest absolute Gasteiger partial charge is 0.369 e. The summed E-state index contributed by atoms with van der Waals surface area (Å²) in [6.07, 6.45) is 1.59. The van der Waals surface area contributed by atoms with Crippen LogP contribution >= 0.6 is 0 Å². The van der Waals surface area contributed by atoms with Crippen molar-refractivity contribution in [3.05, 3.63) is 35.5 Å². The lowest BCUT2D eigenvalue weighted by molar-refractivity contribution is -0.123. The normalized spacial score (nSPS) is 18.6. The lowest BCUT2D eigenvalue weighted by Gasteiger charge is -2.31. The fraction of sp³-hybridized carbons (Fsp3) is 0.412. The Hall–Kier alpha value is -2.30. The van der Waals surface area contributed by atoms with Crippen LogP contribution in [0.3, 0.4) is 0 Å². The Morgan fingerprint density at radius 1 is 1.32 bits per heavy atom. The van der Waals surface area contributed by atoms with Crippen molar-refractivity contribution in [2.45, 2.75) is 19.8 Å². The zero-order chi connectivity index (χ0) is 15.9. The molecule has 1 atom stereocenters. The van der Waals surface area contributed by atoms with Gasteiger partial charge in [-0.15, -0.1) is 0 Å². The standard InChI is InChI=1S/C17H21N3O2/c1-11-5-3-6-12-9-14(19(2)15(11)12)17(22)20-8-4-7-13(10-20)16(18)21/h3,5-6,9,13H,4,7-8,10H2,1-2H3,(H2,18,21)/t13-/m1/s1. The molecule has 0 radical (unpaired) electrons. The molecule has 116 valence electrons. The Balaban J connectivity index is 1.94. The van der Waals surface area contributed by atoms with Gasteiger partial charge in [0.05, 0.1) is 11.4 Å². The quantitative estimate of drug-likeness (QED) is 0.919. The second-order valence-electron chi connectivity index (χ2n) is 6.09. The Morgan fingerprint density at radius 3 is 2.77 bits per heavy atom. The summed E-state index contributed by atoms with van der Waals surface area (Å²) < 4.78 is 1.95. The molecule has 5 heteroatoms. The summed E-state index contributed by atoms with van der Waals surface area (Å²) in [5.41, 5.74) is 8.28. The number of nitrogens with two attached hydrogens (primary N) is 1. The first kappa shape index (κ1) is 14.6. The van der Waals surface area contributed by atoms with Gasteiger partial charge in [-0.25, -0.2) is 0 Å². The van der Waals surface area contributed by atoms with Crippen LogP contribution in [0.15, 0.2) is 24.3 Å². The Labute approximate surface area is 129 Å². The van der Waals surface area contributed by atoms with Crippen molar-refractivity contribution in [3.8, 4) is 0 Å². The lowest BCUT2D eigenvalue weighted by Crippen LogP contribution is -2.44. The van der Waals surface area contributed by atoms with Crippen LogP contribution in [0.1, 0.15) is 28.9 Å². The summed E-state index contributed by atoms with van der Waals surface area (Å²) in [4.78, 5) is 26.0. The first-order valence-corrected chi connectivity index (χ1v) is 7.62. The molecule has 1 aromatic carbocycles. The minimum atomic E-state index is -0.314. The number of aryl methyl sites for hydroxylation is 2. The van der Waals surface area contributed by atoms with Crippen molar-refractivity contribution in [1.82, 2.24) is 9.47 Å². The van der Waals surface area contributed by atoms with Crippen LogP contribution < -0.4 is 5.73 Å². The molecule has 0 aliphatic carbocycles. The summed E-state index contributed by atoms with van der Waals surface area (Å²) in [7, 11) is 1.91. The van der Waals surface area contributed by atoms with Crippen molar-refractivity contribution in [2.75, 3.05) is 13.1 Å². The monoisotopic (exact) mass is 299 g/mol. The smallest absolute Gasteiger partial charge is 0.270 e. The molecule has 0 bridgehead atoms. The highest BCUT2D eigenvalue weighted by molar-refractivity contribution is 5.99. The molecule has 2 amide bonds. The van der Waals surface area contributed by atoms with Gasteiger partial charge in [-0.1, -0.05) is 18.2 Å². The van der Waals surface area contributed by atoms with Gasteiger partial charge in [-0.2, -0.15) is 0 Å². The number of carbonyl (C=O) groups is 2. The highest BCUT2D eigenvalue weighted by Crippen LogP contribution is 2.24. The van der Waals surface area contributed by atoms with E-state index in [1.165, 1.54) is 0 Å². The number of nitrogens with zero attached hydrogens (tertiary/aromatic N) is 2. The molecule has 1 aliphatic heterocycles. The number of aromatic nitrogens is 1. The van der Waals surface area contributed by atoms with E-state index in [2.05, 4.69) is 0 Å². The highest BCUT2D eigenvalue weighted by Gasteiger charge is 2.29. The highest BCUT2D eigenvalue weighted by atomic mass is 16.2. The van der Waals surface area contributed by atoms with Crippen LogP contribution in [0.5, 0.6) is 0 Å². The molecule has 0 unspecified atom stereocenters. The minimum absolute atomic E-state index is 0.0240. The zero-order valence-corrected chi connectivity index (χ0v) is 13.0. The molecule has 2 heterocycles. The number of hydrogen-bond donors (Lipinski definition) is 1. The minimum Gasteiger partial charge on any atom is -0.369 e. The fourth-order valence-electron chi connectivity index (χ4n) is 3.38. The van der Waals surface area contributed by atoms with Crippen molar-refractivity contribution in [1.29, 1.82) is 0 Å². The Bertz CT molecular complexity index is 748. The van der Waals surface area contributed by atoms with Crippen LogP contribution in [0.25, 0.3) is 10.9 Å². The topological polar surface area (TPSA) is 68.3 Å². The average Bonchev–Trinajstić information content (AvgIpc) is 2.85. The predicted molar refractivity (Wildman–Crippen MR) is 85.5 cm³/mol. The van der Waals surface area contributed by atoms with E-state index in [1.807, 2.05) is 42.8 Å². The van der Waals surface area contributed by atoms with Crippen LogP contribution in [0.2, 0.25) is 0 Å². The number of fused-ring (bicyclic) bond motifs is 1. The van der Waals surface area contributed by atoms with Gasteiger partial charge in [0.1, 0.15) is 5.69 Å². The Kier molecular flexibility index (Phi) is 3.64. The molecule has 5 nitrogen and oxygen atoms in total. The Morgan fingerprint density at radius 2 is 2.09 bits per heavy atom. The maximum atomic E-state index is 12.8. The number of hydrogen-bond acceptors (Lipinski definition) is 2.